The summed E-state index contributed by atoms with van der Waals surface area (Å²) in [6.07, 6.45) is 0. The third-order valence-electron chi connectivity index (χ3n) is 4.37. The van der Waals surface area contributed by atoms with Crippen molar-refractivity contribution >= 4 is 22.8 Å². The molecule has 0 spiro atoms. The minimum absolute atomic E-state index is 0.0669. The molecule has 4 N–H and O–H groups in total. The zero-order valence-corrected chi connectivity index (χ0v) is 15.4. The molecule has 0 amide bonds. The van der Waals surface area contributed by atoms with Crippen LogP contribution in [0.2, 0.25) is 0 Å². The van der Waals surface area contributed by atoms with E-state index in [9.17, 15) is 17.6 Å². The first-order valence-electron chi connectivity index (χ1n) is 8.57. The van der Waals surface area contributed by atoms with Crippen molar-refractivity contribution < 1.29 is 22.3 Å². The fourth-order valence-electron chi connectivity index (χ4n) is 3.21. The molecule has 0 atom stereocenters. The number of aryl methyl sites for hydroxylation is 1. The summed E-state index contributed by atoms with van der Waals surface area (Å²) < 4.78 is 58.5. The van der Waals surface area contributed by atoms with Crippen LogP contribution >= 0.6 is 0 Å². The normalized spacial score (nSPS) is 11.4. The minimum atomic E-state index is -3.17. The zero-order valence-electron chi connectivity index (χ0n) is 15.4. The van der Waals surface area contributed by atoms with Crippen molar-refractivity contribution in [2.75, 3.05) is 11.5 Å². The van der Waals surface area contributed by atoms with Gasteiger partial charge in [0.25, 0.3) is 0 Å². The molecule has 2 aromatic heterocycles. The van der Waals surface area contributed by atoms with E-state index in [0.29, 0.717) is 16.9 Å². The number of aromatic nitrogens is 4. The van der Waals surface area contributed by atoms with E-state index in [0.717, 1.165) is 12.1 Å². The Balaban J connectivity index is 1.96. The lowest BCUT2D eigenvalue weighted by atomic mass is 10.1. The molecule has 0 radical (unpaired) electrons. The molecule has 154 valence electrons. The van der Waals surface area contributed by atoms with Gasteiger partial charge in [0.2, 0.25) is 5.95 Å². The van der Waals surface area contributed by atoms with Crippen molar-refractivity contribution in [3.05, 3.63) is 53.9 Å². The number of alkyl halides is 2. The quantitative estimate of drug-likeness (QED) is 0.488. The number of benzene rings is 2. The highest BCUT2D eigenvalue weighted by Gasteiger charge is 2.21. The van der Waals surface area contributed by atoms with E-state index in [1.165, 1.54) is 24.3 Å². The fourth-order valence-corrected chi connectivity index (χ4v) is 3.21. The molecule has 0 aliphatic carbocycles. The largest absolute Gasteiger partial charge is 0.432 e. The average molecular weight is 418 g/mol. The number of nitrogens with two attached hydrogens (primary N) is 2. The first-order chi connectivity index (χ1) is 14.2. The Morgan fingerprint density at radius 1 is 1.00 bits per heavy atom. The predicted molar refractivity (Wildman–Crippen MR) is 102 cm³/mol. The second-order valence-corrected chi connectivity index (χ2v) is 6.32. The van der Waals surface area contributed by atoms with Gasteiger partial charge in [0, 0.05) is 6.07 Å². The van der Waals surface area contributed by atoms with Crippen molar-refractivity contribution in [3.63, 3.8) is 0 Å². The molecule has 0 saturated heterocycles. The number of rotatable bonds is 4. The monoisotopic (exact) mass is 418 g/mol. The number of hydrogen-bond acceptors (Lipinski definition) is 6. The van der Waals surface area contributed by atoms with Gasteiger partial charge in [-0.2, -0.15) is 18.7 Å². The van der Waals surface area contributed by atoms with Crippen LogP contribution in [0.15, 0.2) is 36.4 Å². The molecule has 0 aliphatic rings. The lowest BCUT2D eigenvalue weighted by Crippen LogP contribution is -2.10. The third kappa shape index (κ3) is 3.34. The summed E-state index contributed by atoms with van der Waals surface area (Å²) in [7, 11) is 0. The second kappa shape index (κ2) is 7.17. The van der Waals surface area contributed by atoms with Gasteiger partial charge in [0.05, 0.1) is 16.6 Å². The molecular formula is C19H14F4N6O. The molecule has 2 aromatic carbocycles. The maximum Gasteiger partial charge on any atom is 0.387 e. The molecule has 0 aliphatic heterocycles. The van der Waals surface area contributed by atoms with Gasteiger partial charge in [-0.05, 0) is 36.8 Å². The van der Waals surface area contributed by atoms with Crippen molar-refractivity contribution in [2.24, 2.45) is 0 Å². The number of halogens is 4. The molecule has 4 aromatic rings. The Hall–Kier alpha value is -3.89. The van der Waals surface area contributed by atoms with Crippen molar-refractivity contribution in [2.45, 2.75) is 13.5 Å². The number of hydrogen-bond donors (Lipinski definition) is 2. The highest BCUT2D eigenvalue weighted by atomic mass is 19.3. The van der Waals surface area contributed by atoms with Crippen LogP contribution in [0.5, 0.6) is 5.75 Å². The highest BCUT2D eigenvalue weighted by Crippen LogP contribution is 2.35. The summed E-state index contributed by atoms with van der Waals surface area (Å²) in [4.78, 5) is 12.5. The van der Waals surface area contributed by atoms with Crippen LogP contribution in [0.3, 0.4) is 0 Å². The van der Waals surface area contributed by atoms with Gasteiger partial charge in [-0.15, -0.1) is 0 Å². The average Bonchev–Trinajstić information content (AvgIpc) is 2.97. The Kier molecular flexibility index (Phi) is 4.65. The number of anilines is 2. The van der Waals surface area contributed by atoms with E-state index >= 15 is 0 Å². The maximum absolute atomic E-state index is 14.3. The smallest absolute Gasteiger partial charge is 0.387 e. The molecule has 2 heterocycles. The summed E-state index contributed by atoms with van der Waals surface area (Å²) in [6.45, 7) is -1.51. The van der Waals surface area contributed by atoms with E-state index in [-0.39, 0.29) is 28.7 Å². The summed E-state index contributed by atoms with van der Waals surface area (Å²) in [5.41, 5.74) is 13.1. The summed E-state index contributed by atoms with van der Waals surface area (Å²) in [5.74, 6) is -1.71. The number of ether oxygens (including phenoxy) is 1. The van der Waals surface area contributed by atoms with Crippen molar-refractivity contribution in [1.82, 2.24) is 19.5 Å². The minimum Gasteiger partial charge on any atom is -0.432 e. The number of nitrogens with zero attached hydrogens (tertiary/aromatic N) is 4. The van der Waals surface area contributed by atoms with Crippen molar-refractivity contribution in [1.29, 1.82) is 0 Å². The second-order valence-electron chi connectivity index (χ2n) is 6.32. The molecule has 0 fully saturated rings. The molecule has 0 unspecified atom stereocenters. The van der Waals surface area contributed by atoms with Gasteiger partial charge < -0.3 is 16.2 Å². The van der Waals surface area contributed by atoms with Crippen LogP contribution in [0.4, 0.5) is 29.3 Å². The third-order valence-corrected chi connectivity index (χ3v) is 4.37. The van der Waals surface area contributed by atoms with Crippen molar-refractivity contribution in [3.8, 4) is 22.7 Å². The number of imidazole rings is 1. The Labute approximate surface area is 166 Å². The van der Waals surface area contributed by atoms with Gasteiger partial charge in [0.1, 0.15) is 17.5 Å². The standard InChI is InChI=1S/C19H14F4N6O/c1-8-26-12-7-10(20)3-4-13(12)29(8)17-15(16(24)27-19(25)28-17)9-2-5-14(11(21)6-9)30-18(22)23/h2-7,18H,1H3,(H4,24,25,27,28). The molecule has 0 bridgehead atoms. The Morgan fingerprint density at radius 3 is 2.47 bits per heavy atom. The first-order valence-corrected chi connectivity index (χ1v) is 8.57. The van der Waals surface area contributed by atoms with Crippen LogP contribution in [0.1, 0.15) is 5.82 Å². The molecule has 4 rings (SSSR count). The predicted octanol–water partition coefficient (Wildman–Crippen LogP) is 3.83. The summed E-state index contributed by atoms with van der Waals surface area (Å²) in [6, 6.07) is 7.37. The molecule has 11 heteroatoms. The Morgan fingerprint density at radius 2 is 1.77 bits per heavy atom. The zero-order chi connectivity index (χ0) is 21.6. The van der Waals surface area contributed by atoms with E-state index in [1.54, 1.807) is 11.5 Å². The maximum atomic E-state index is 14.3. The van der Waals surface area contributed by atoms with Gasteiger partial charge in [-0.1, -0.05) is 6.07 Å². The van der Waals surface area contributed by atoms with E-state index in [2.05, 4.69) is 19.7 Å². The highest BCUT2D eigenvalue weighted by molar-refractivity contribution is 5.85. The lowest BCUT2D eigenvalue weighted by Gasteiger charge is -2.15. The Bertz CT molecular complexity index is 1270. The van der Waals surface area contributed by atoms with Crippen LogP contribution in [-0.4, -0.2) is 26.1 Å². The summed E-state index contributed by atoms with van der Waals surface area (Å²) in [5, 5.41) is 0. The van der Waals surface area contributed by atoms with E-state index in [4.69, 9.17) is 11.5 Å². The number of fused-ring (bicyclic) bond motifs is 1. The van der Waals surface area contributed by atoms with Crippen LogP contribution in [0, 0.1) is 18.6 Å². The van der Waals surface area contributed by atoms with Crippen LogP contribution < -0.4 is 16.2 Å². The topological polar surface area (TPSA) is 105 Å². The van der Waals surface area contributed by atoms with E-state index in [1.807, 2.05) is 0 Å². The number of nitrogen functional groups attached to an aromatic ring is 2. The SMILES string of the molecule is Cc1nc2cc(F)ccc2n1-c1nc(N)nc(N)c1-c1ccc(OC(F)F)c(F)c1. The molecule has 0 saturated carbocycles. The molecular weight excluding hydrogens is 404 g/mol. The lowest BCUT2D eigenvalue weighted by molar-refractivity contribution is -0.0521. The summed E-state index contributed by atoms with van der Waals surface area (Å²) >= 11 is 0. The van der Waals surface area contributed by atoms with Crippen LogP contribution in [0.25, 0.3) is 28.0 Å². The van der Waals surface area contributed by atoms with E-state index < -0.39 is 24.0 Å². The van der Waals surface area contributed by atoms with Crippen LogP contribution in [-0.2, 0) is 0 Å². The molecule has 7 nitrogen and oxygen atoms in total. The first kappa shape index (κ1) is 19.4. The van der Waals surface area contributed by atoms with Gasteiger partial charge in [-0.3, -0.25) is 4.57 Å². The molecule has 30 heavy (non-hydrogen) atoms. The van der Waals surface area contributed by atoms with Gasteiger partial charge >= 0.3 is 6.61 Å². The fraction of sp³-hybridized carbons (Fsp3) is 0.105. The van der Waals surface area contributed by atoms with Gasteiger partial charge in [-0.25, -0.2) is 13.8 Å². The van der Waals surface area contributed by atoms with Gasteiger partial charge in [0.15, 0.2) is 17.4 Å².